The number of anilines is 2. The number of hydrogen-bond acceptors (Lipinski definition) is 7. The van der Waals surface area contributed by atoms with Crippen LogP contribution < -0.4 is 20.5 Å². The Labute approximate surface area is 177 Å². The van der Waals surface area contributed by atoms with E-state index in [0.717, 1.165) is 23.4 Å². The number of carbonyl (C=O) groups excluding carboxylic acids is 1. The highest BCUT2D eigenvalue weighted by atomic mass is 32.1. The molecule has 4 rings (SSSR count). The van der Waals surface area contributed by atoms with Gasteiger partial charge in [-0.2, -0.15) is 4.98 Å². The van der Waals surface area contributed by atoms with Crippen molar-refractivity contribution in [2.24, 2.45) is 5.73 Å². The summed E-state index contributed by atoms with van der Waals surface area (Å²) in [5.74, 6) is 0.780. The molecule has 8 heteroatoms. The topological polar surface area (TPSA) is 99.4 Å². The van der Waals surface area contributed by atoms with Crippen molar-refractivity contribution >= 4 is 39.0 Å². The van der Waals surface area contributed by atoms with Crippen LogP contribution >= 0.6 is 11.3 Å². The molecule has 0 atom stereocenters. The number of amides is 1. The molecule has 0 spiro atoms. The summed E-state index contributed by atoms with van der Waals surface area (Å²) >= 11 is 1.29. The lowest BCUT2D eigenvalue weighted by Gasteiger charge is -2.13. The third-order valence-electron chi connectivity index (χ3n) is 4.59. The number of pyridine rings is 1. The van der Waals surface area contributed by atoms with Crippen LogP contribution in [0.25, 0.3) is 10.3 Å². The number of nitrogens with two attached hydrogens (primary N) is 1. The molecule has 152 valence electrons. The molecule has 2 aromatic carbocycles. The van der Waals surface area contributed by atoms with Gasteiger partial charge in [0.1, 0.15) is 21.8 Å². The number of aryl methyl sites for hydroxylation is 1. The maximum atomic E-state index is 12.0. The van der Waals surface area contributed by atoms with Gasteiger partial charge in [-0.25, -0.2) is 4.98 Å². The Kier molecular flexibility index (Phi) is 5.49. The van der Waals surface area contributed by atoms with Crippen LogP contribution in [0.15, 0.2) is 54.7 Å². The molecule has 2 aromatic heterocycles. The van der Waals surface area contributed by atoms with Crippen molar-refractivity contribution < 1.29 is 14.3 Å². The maximum Gasteiger partial charge on any atom is 0.281 e. The van der Waals surface area contributed by atoms with Gasteiger partial charge in [0.2, 0.25) is 0 Å². The number of para-hydroxylation sites is 1. The number of thiazole rings is 1. The van der Waals surface area contributed by atoms with E-state index in [1.54, 1.807) is 31.4 Å². The molecule has 0 unspecified atom stereocenters. The van der Waals surface area contributed by atoms with Crippen molar-refractivity contribution in [2.45, 2.75) is 13.3 Å². The molecular formula is C22H20N4O3S. The first-order valence-corrected chi connectivity index (χ1v) is 10.2. The lowest BCUT2D eigenvalue weighted by atomic mass is 10.1. The van der Waals surface area contributed by atoms with E-state index in [1.165, 1.54) is 17.5 Å². The second-order valence-corrected chi connectivity index (χ2v) is 7.40. The second-order valence-electron chi connectivity index (χ2n) is 6.46. The van der Waals surface area contributed by atoms with Crippen molar-refractivity contribution in [1.82, 2.24) is 9.97 Å². The molecule has 30 heavy (non-hydrogen) atoms. The summed E-state index contributed by atoms with van der Waals surface area (Å²) in [4.78, 5) is 21.6. The monoisotopic (exact) mass is 420 g/mol. The third kappa shape index (κ3) is 3.90. The summed E-state index contributed by atoms with van der Waals surface area (Å²) in [5.41, 5.74) is 8.93. The van der Waals surface area contributed by atoms with Crippen LogP contribution in [0.4, 0.5) is 11.4 Å². The Balaban J connectivity index is 1.75. The number of nitrogens with one attached hydrogen (secondary N) is 1. The van der Waals surface area contributed by atoms with E-state index < -0.39 is 5.91 Å². The van der Waals surface area contributed by atoms with Gasteiger partial charge in [-0.15, -0.1) is 0 Å². The molecule has 0 saturated heterocycles. The van der Waals surface area contributed by atoms with E-state index in [9.17, 15) is 4.79 Å². The van der Waals surface area contributed by atoms with E-state index >= 15 is 0 Å². The first kappa shape index (κ1) is 19.7. The molecular weight excluding hydrogens is 400 g/mol. The number of nitrogens with zero attached hydrogens (tertiary/aromatic N) is 2. The quantitative estimate of drug-likeness (QED) is 0.441. The fourth-order valence-electron chi connectivity index (χ4n) is 3.05. The van der Waals surface area contributed by atoms with Crippen LogP contribution in [0, 0.1) is 0 Å². The molecule has 0 saturated carbocycles. The Morgan fingerprint density at radius 2 is 1.87 bits per heavy atom. The smallest absolute Gasteiger partial charge is 0.281 e. The number of benzene rings is 2. The first-order valence-electron chi connectivity index (χ1n) is 9.35. The SMILES string of the molecule is CCc1ccccc1Nc1c(C(N)=O)cnc2sc(Oc3ccc(OC)cc3)nc12. The van der Waals surface area contributed by atoms with E-state index in [2.05, 4.69) is 22.2 Å². The Morgan fingerprint density at radius 1 is 1.13 bits per heavy atom. The highest BCUT2D eigenvalue weighted by molar-refractivity contribution is 7.19. The molecule has 0 aliphatic rings. The van der Waals surface area contributed by atoms with Crippen molar-refractivity contribution in [3.8, 4) is 16.7 Å². The number of fused-ring (bicyclic) bond motifs is 1. The zero-order valence-corrected chi connectivity index (χ0v) is 17.3. The van der Waals surface area contributed by atoms with Gasteiger partial charge in [-0.3, -0.25) is 4.79 Å². The third-order valence-corrected chi connectivity index (χ3v) is 5.44. The average Bonchev–Trinajstić information content (AvgIpc) is 3.17. The fraction of sp³-hybridized carbons (Fsp3) is 0.136. The molecule has 0 bridgehead atoms. The molecule has 4 aromatic rings. The predicted molar refractivity (Wildman–Crippen MR) is 118 cm³/mol. The molecule has 7 nitrogen and oxygen atoms in total. The van der Waals surface area contributed by atoms with Crippen LogP contribution in [0.1, 0.15) is 22.8 Å². The minimum atomic E-state index is -0.577. The van der Waals surface area contributed by atoms with Crippen molar-refractivity contribution in [2.75, 3.05) is 12.4 Å². The molecule has 0 aliphatic heterocycles. The number of carbonyl (C=O) groups is 1. The zero-order valence-electron chi connectivity index (χ0n) is 16.5. The van der Waals surface area contributed by atoms with E-state index in [1.807, 2.05) is 24.3 Å². The largest absolute Gasteiger partial charge is 0.497 e. The number of ether oxygens (including phenoxy) is 2. The van der Waals surface area contributed by atoms with Crippen LogP contribution in [-0.2, 0) is 6.42 Å². The van der Waals surface area contributed by atoms with Gasteiger partial charge in [0.05, 0.1) is 18.4 Å². The molecule has 0 radical (unpaired) electrons. The standard InChI is InChI=1S/C22H20N4O3S/c1-3-13-6-4-5-7-17(13)25-18-16(20(23)27)12-24-21-19(18)26-22(30-21)29-15-10-8-14(28-2)9-11-15/h4-12H,3H2,1-2H3,(H2,23,27)(H,24,25). The van der Waals surface area contributed by atoms with Gasteiger partial charge < -0.3 is 20.5 Å². The van der Waals surface area contributed by atoms with Crippen LogP contribution in [0.3, 0.4) is 0 Å². The van der Waals surface area contributed by atoms with Gasteiger partial charge in [-0.1, -0.05) is 36.5 Å². The number of rotatable bonds is 7. The van der Waals surface area contributed by atoms with E-state index in [4.69, 9.17) is 15.2 Å². The van der Waals surface area contributed by atoms with Crippen molar-refractivity contribution in [3.05, 3.63) is 65.9 Å². The van der Waals surface area contributed by atoms with Crippen molar-refractivity contribution in [3.63, 3.8) is 0 Å². The minimum absolute atomic E-state index is 0.273. The van der Waals surface area contributed by atoms with Gasteiger partial charge in [0.25, 0.3) is 11.1 Å². The second kappa shape index (κ2) is 8.38. The number of primary amides is 1. The number of methoxy groups -OCH3 is 1. The Morgan fingerprint density at radius 3 is 2.57 bits per heavy atom. The average molecular weight is 420 g/mol. The van der Waals surface area contributed by atoms with Crippen LogP contribution in [-0.4, -0.2) is 23.0 Å². The molecule has 2 heterocycles. The molecule has 1 amide bonds. The van der Waals surface area contributed by atoms with Crippen LogP contribution in [0.5, 0.6) is 16.7 Å². The molecule has 0 aliphatic carbocycles. The summed E-state index contributed by atoms with van der Waals surface area (Å²) in [7, 11) is 1.61. The zero-order chi connectivity index (χ0) is 21.1. The Hall–Kier alpha value is -3.65. The molecule has 0 fully saturated rings. The molecule has 3 N–H and O–H groups in total. The summed E-state index contributed by atoms with van der Waals surface area (Å²) < 4.78 is 11.0. The van der Waals surface area contributed by atoms with Gasteiger partial charge in [0.15, 0.2) is 0 Å². The summed E-state index contributed by atoms with van der Waals surface area (Å²) in [6.45, 7) is 2.07. The lowest BCUT2D eigenvalue weighted by Crippen LogP contribution is -2.14. The minimum Gasteiger partial charge on any atom is -0.497 e. The highest BCUT2D eigenvalue weighted by Crippen LogP contribution is 2.37. The predicted octanol–water partition coefficient (Wildman–Crippen LogP) is 4.90. The maximum absolute atomic E-state index is 12.0. The highest BCUT2D eigenvalue weighted by Gasteiger charge is 2.19. The summed E-state index contributed by atoms with van der Waals surface area (Å²) in [6, 6.07) is 15.1. The van der Waals surface area contributed by atoms with Gasteiger partial charge in [-0.05, 0) is 42.3 Å². The van der Waals surface area contributed by atoms with Crippen molar-refractivity contribution in [1.29, 1.82) is 0 Å². The van der Waals surface area contributed by atoms with E-state index in [0.29, 0.717) is 27.0 Å². The fourth-order valence-corrected chi connectivity index (χ4v) is 3.84. The number of hydrogen-bond donors (Lipinski definition) is 2. The first-order chi connectivity index (χ1) is 14.6. The van der Waals surface area contributed by atoms with E-state index in [-0.39, 0.29) is 5.56 Å². The van der Waals surface area contributed by atoms with Crippen LogP contribution in [0.2, 0.25) is 0 Å². The number of aromatic nitrogens is 2. The summed E-state index contributed by atoms with van der Waals surface area (Å²) in [6.07, 6.45) is 2.31. The summed E-state index contributed by atoms with van der Waals surface area (Å²) in [5, 5.41) is 3.75. The Bertz CT molecular complexity index is 1200. The van der Waals surface area contributed by atoms with Gasteiger partial charge >= 0.3 is 0 Å². The lowest BCUT2D eigenvalue weighted by molar-refractivity contribution is 0.100. The van der Waals surface area contributed by atoms with Gasteiger partial charge in [0, 0.05) is 11.9 Å². The normalized spacial score (nSPS) is 10.7.